The van der Waals surface area contributed by atoms with Gasteiger partial charge in [-0.2, -0.15) is 0 Å². The van der Waals surface area contributed by atoms with E-state index in [4.69, 9.17) is 0 Å². The average Bonchev–Trinajstić information content (AvgIpc) is 3.47. The second-order valence-corrected chi connectivity index (χ2v) is 15.5. The Morgan fingerprint density at radius 3 is 2.25 bits per heavy atom. The number of benzene rings is 3. The summed E-state index contributed by atoms with van der Waals surface area (Å²) in [6.45, 7) is 10.0. The summed E-state index contributed by atoms with van der Waals surface area (Å²) in [6.07, 6.45) is 7.74. The molecule has 3 fully saturated rings. The first kappa shape index (κ1) is 33.8. The van der Waals surface area contributed by atoms with Crippen molar-refractivity contribution in [3.05, 3.63) is 88.5 Å². The van der Waals surface area contributed by atoms with Crippen molar-refractivity contribution in [2.45, 2.75) is 76.8 Å². The van der Waals surface area contributed by atoms with Gasteiger partial charge < -0.3 is 19.8 Å². The minimum atomic E-state index is -0.581. The molecule has 3 saturated heterocycles. The van der Waals surface area contributed by atoms with Gasteiger partial charge in [0.2, 0.25) is 11.8 Å². The number of phenolic OH excluding ortho intramolecular Hbond substituents is 1. The van der Waals surface area contributed by atoms with Gasteiger partial charge in [0.1, 0.15) is 11.8 Å². The topological polar surface area (TPSA) is 96.4 Å². The Bertz CT molecular complexity index is 1780. The van der Waals surface area contributed by atoms with Crippen LogP contribution in [0.2, 0.25) is 0 Å². The first-order valence-corrected chi connectivity index (χ1v) is 19.3. The predicted octanol–water partition coefficient (Wildman–Crippen LogP) is 5.69. The van der Waals surface area contributed by atoms with Gasteiger partial charge in [-0.15, -0.1) is 0 Å². The van der Waals surface area contributed by atoms with Crippen molar-refractivity contribution in [1.82, 2.24) is 15.1 Å². The fourth-order valence-electron chi connectivity index (χ4n) is 9.58. The van der Waals surface area contributed by atoms with Crippen LogP contribution in [0.4, 0.5) is 11.4 Å². The van der Waals surface area contributed by atoms with E-state index < -0.39 is 6.04 Å². The first-order chi connectivity index (χ1) is 24.8. The summed E-state index contributed by atoms with van der Waals surface area (Å²) >= 11 is 0. The van der Waals surface area contributed by atoms with Gasteiger partial charge in [-0.05, 0) is 115 Å². The lowest BCUT2D eigenvalue weighted by Gasteiger charge is -2.40. The van der Waals surface area contributed by atoms with E-state index in [0.717, 1.165) is 63.5 Å². The zero-order chi connectivity index (χ0) is 35.1. The third-order valence-corrected chi connectivity index (χ3v) is 12.4. The highest BCUT2D eigenvalue weighted by atomic mass is 16.3. The lowest BCUT2D eigenvalue weighted by atomic mass is 9.70. The fourth-order valence-corrected chi connectivity index (χ4v) is 9.58. The van der Waals surface area contributed by atoms with Crippen molar-refractivity contribution >= 4 is 29.1 Å². The maximum Gasteiger partial charge on any atom is 0.255 e. The number of hydrogen-bond donors (Lipinski definition) is 2. The summed E-state index contributed by atoms with van der Waals surface area (Å²) in [5.74, 6) is 1.38. The lowest BCUT2D eigenvalue weighted by molar-refractivity contribution is -0.136. The number of imide groups is 1. The van der Waals surface area contributed by atoms with Crippen molar-refractivity contribution in [2.24, 2.45) is 11.8 Å². The molecule has 4 heterocycles. The molecular weight excluding hydrogens is 638 g/mol. The van der Waals surface area contributed by atoms with Gasteiger partial charge in [0.25, 0.3) is 5.91 Å². The Balaban J connectivity index is 0.822. The molecule has 0 radical (unpaired) electrons. The van der Waals surface area contributed by atoms with Crippen LogP contribution in [0, 0.1) is 11.8 Å². The number of anilines is 2. The smallest absolute Gasteiger partial charge is 0.255 e. The Hall–Kier alpha value is -4.37. The molecule has 0 aromatic heterocycles. The van der Waals surface area contributed by atoms with Crippen molar-refractivity contribution < 1.29 is 19.5 Å². The molecule has 3 aromatic rings. The second kappa shape index (κ2) is 14.3. The van der Waals surface area contributed by atoms with E-state index in [1.54, 1.807) is 4.90 Å². The normalized spacial score (nSPS) is 24.5. The van der Waals surface area contributed by atoms with Crippen LogP contribution in [-0.4, -0.2) is 84.5 Å². The van der Waals surface area contributed by atoms with Gasteiger partial charge in [0.15, 0.2) is 0 Å². The van der Waals surface area contributed by atoms with Crippen molar-refractivity contribution in [3.63, 3.8) is 0 Å². The highest BCUT2D eigenvalue weighted by molar-refractivity contribution is 6.05. The molecule has 0 bridgehead atoms. The van der Waals surface area contributed by atoms with E-state index in [1.165, 1.54) is 54.5 Å². The first-order valence-electron chi connectivity index (χ1n) is 19.3. The highest BCUT2D eigenvalue weighted by Gasteiger charge is 2.39. The lowest BCUT2D eigenvalue weighted by Crippen LogP contribution is -2.52. The van der Waals surface area contributed by atoms with Crippen molar-refractivity contribution in [1.29, 1.82) is 0 Å². The number of fused-ring (bicyclic) bond motifs is 2. The number of aryl methyl sites for hydroxylation is 1. The van der Waals surface area contributed by atoms with E-state index in [-0.39, 0.29) is 24.1 Å². The molecule has 51 heavy (non-hydrogen) atoms. The van der Waals surface area contributed by atoms with E-state index in [0.29, 0.717) is 42.0 Å². The molecule has 2 unspecified atom stereocenters. The van der Waals surface area contributed by atoms with Gasteiger partial charge >= 0.3 is 0 Å². The third kappa shape index (κ3) is 6.85. The van der Waals surface area contributed by atoms with Crippen LogP contribution in [0.15, 0.2) is 60.7 Å². The average molecular weight is 690 g/mol. The summed E-state index contributed by atoms with van der Waals surface area (Å²) in [7, 11) is 0. The van der Waals surface area contributed by atoms with Crippen LogP contribution < -0.4 is 15.1 Å². The summed E-state index contributed by atoms with van der Waals surface area (Å²) in [6, 6.07) is 20.9. The third-order valence-electron chi connectivity index (χ3n) is 12.4. The number of nitrogens with one attached hydrogen (secondary N) is 1. The molecule has 268 valence electrons. The molecule has 2 N–H and O–H groups in total. The van der Waals surface area contributed by atoms with Crippen molar-refractivity contribution in [2.75, 3.05) is 55.6 Å². The molecule has 8 rings (SSSR count). The largest absolute Gasteiger partial charge is 0.508 e. The summed E-state index contributed by atoms with van der Waals surface area (Å²) in [5, 5.41) is 12.5. The number of amides is 3. The molecule has 9 nitrogen and oxygen atoms in total. The van der Waals surface area contributed by atoms with Crippen LogP contribution in [0.1, 0.15) is 90.4 Å². The molecule has 3 atom stereocenters. The molecule has 9 heteroatoms. The van der Waals surface area contributed by atoms with E-state index in [9.17, 15) is 19.5 Å². The SMILES string of the molecule is CCC[C@H]1CCc2cc(O)ccc2C1c1ccc(N2CCC(CN3CCN(c4ccc5c(c4)CN(C4CCC(=O)NC4=O)C5=O)CC3)CC2)cc1. The van der Waals surface area contributed by atoms with Crippen LogP contribution in [0.5, 0.6) is 5.75 Å². The number of carbonyl (C=O) groups is 3. The van der Waals surface area contributed by atoms with Crippen LogP contribution in [-0.2, 0) is 22.6 Å². The van der Waals surface area contributed by atoms with E-state index in [1.807, 2.05) is 24.3 Å². The zero-order valence-corrected chi connectivity index (χ0v) is 29.9. The number of piperidine rings is 2. The summed E-state index contributed by atoms with van der Waals surface area (Å²) in [4.78, 5) is 46.4. The number of carbonyl (C=O) groups excluding carboxylic acids is 3. The zero-order valence-electron chi connectivity index (χ0n) is 29.9. The molecular formula is C42H51N5O4. The maximum atomic E-state index is 13.1. The number of hydrogen-bond acceptors (Lipinski definition) is 7. The summed E-state index contributed by atoms with van der Waals surface area (Å²) in [5.41, 5.74) is 8.21. The number of piperazine rings is 1. The standard InChI is InChI=1S/C42H51N5O4/c1-2-3-29-4-5-31-25-35(48)11-13-36(31)40(29)30-6-8-33(9-7-30)45-18-16-28(17-19-45)26-44-20-22-46(23-21-44)34-10-12-37-32(24-34)27-47(42(37)51)38-14-15-39(49)43-41(38)50/h6-13,24-25,28-29,38,40,48H,2-5,14-23,26-27H2,1H3,(H,43,49,50)/t29-,38?,40?/m0/s1. The fraction of sp³-hybridized carbons (Fsp3) is 0.500. The van der Waals surface area contributed by atoms with E-state index in [2.05, 4.69) is 63.3 Å². The minimum Gasteiger partial charge on any atom is -0.508 e. The number of nitrogens with zero attached hydrogens (tertiary/aromatic N) is 4. The van der Waals surface area contributed by atoms with Crippen LogP contribution in [0.25, 0.3) is 0 Å². The van der Waals surface area contributed by atoms with Crippen molar-refractivity contribution in [3.8, 4) is 5.75 Å². The molecule has 4 aliphatic heterocycles. The monoisotopic (exact) mass is 689 g/mol. The van der Waals surface area contributed by atoms with Gasteiger partial charge in [0.05, 0.1) is 0 Å². The minimum absolute atomic E-state index is 0.118. The quantitative estimate of drug-likeness (QED) is 0.294. The Morgan fingerprint density at radius 1 is 0.765 bits per heavy atom. The Morgan fingerprint density at radius 2 is 1.51 bits per heavy atom. The van der Waals surface area contributed by atoms with Crippen LogP contribution in [0.3, 0.4) is 0 Å². The van der Waals surface area contributed by atoms with Gasteiger partial charge in [-0.3, -0.25) is 24.6 Å². The Kier molecular flexibility index (Phi) is 9.49. The van der Waals surface area contributed by atoms with Gasteiger partial charge in [-0.25, -0.2) is 0 Å². The Labute approximate surface area is 301 Å². The molecule has 0 spiro atoms. The highest BCUT2D eigenvalue weighted by Crippen LogP contribution is 2.44. The predicted molar refractivity (Wildman–Crippen MR) is 199 cm³/mol. The maximum absolute atomic E-state index is 13.1. The molecule has 5 aliphatic rings. The van der Waals surface area contributed by atoms with Crippen LogP contribution >= 0.6 is 0 Å². The molecule has 3 aromatic carbocycles. The number of phenols is 1. The molecule has 0 saturated carbocycles. The summed E-state index contributed by atoms with van der Waals surface area (Å²) < 4.78 is 0. The van der Waals surface area contributed by atoms with E-state index >= 15 is 0 Å². The number of rotatable bonds is 8. The molecule has 3 amide bonds. The number of aromatic hydroxyl groups is 1. The molecule has 1 aliphatic carbocycles. The van der Waals surface area contributed by atoms with Gasteiger partial charge in [0, 0.05) is 81.6 Å². The second-order valence-electron chi connectivity index (χ2n) is 15.5. The van der Waals surface area contributed by atoms with Gasteiger partial charge in [-0.1, -0.05) is 31.5 Å².